The third kappa shape index (κ3) is 5.71. The molecule has 0 fully saturated rings. The molecule has 0 saturated carbocycles. The van der Waals surface area contributed by atoms with Gasteiger partial charge in [-0.3, -0.25) is 10.1 Å². The fourth-order valence-electron chi connectivity index (χ4n) is 2.04. The predicted molar refractivity (Wildman–Crippen MR) is 101 cm³/mol. The summed E-state index contributed by atoms with van der Waals surface area (Å²) in [4.78, 5) is 21.4. The topological polar surface area (TPSA) is 95.7 Å². The molecule has 2 N–H and O–H groups in total. The van der Waals surface area contributed by atoms with Crippen LogP contribution in [0, 0.1) is 10.1 Å². The van der Waals surface area contributed by atoms with Crippen LogP contribution >= 0.6 is 11.3 Å². The molecule has 0 atom stereocenters. The zero-order valence-electron chi connectivity index (χ0n) is 14.5. The molecule has 25 heavy (non-hydrogen) atoms. The third-order valence-corrected chi connectivity index (χ3v) is 4.30. The maximum Gasteiger partial charge on any atom is 0.269 e. The van der Waals surface area contributed by atoms with Gasteiger partial charge in [-0.1, -0.05) is 12.1 Å². The standard InChI is InChI=1S/C16H22N6O2S/c1-4-17-15(19-10-13-11-25-16(20-13)21(2)3)18-9-12-6-5-7-14(8-12)22(23)24/h5-8,11H,4,9-10H2,1-3H3,(H2,17,18,19). The van der Waals surface area contributed by atoms with Crippen molar-refractivity contribution >= 4 is 28.1 Å². The van der Waals surface area contributed by atoms with E-state index in [-0.39, 0.29) is 5.69 Å². The van der Waals surface area contributed by atoms with Crippen LogP contribution in [0.2, 0.25) is 0 Å². The molecule has 8 nitrogen and oxygen atoms in total. The van der Waals surface area contributed by atoms with Crippen molar-refractivity contribution in [1.29, 1.82) is 0 Å². The highest BCUT2D eigenvalue weighted by Gasteiger charge is 2.07. The molecule has 0 aliphatic rings. The number of non-ortho nitro benzene ring substituents is 1. The Bertz CT molecular complexity index is 744. The first-order chi connectivity index (χ1) is 12.0. The third-order valence-electron chi connectivity index (χ3n) is 3.24. The minimum Gasteiger partial charge on any atom is -0.357 e. The zero-order chi connectivity index (χ0) is 18.2. The lowest BCUT2D eigenvalue weighted by Crippen LogP contribution is -2.36. The second-order valence-corrected chi connectivity index (χ2v) is 6.33. The number of benzene rings is 1. The lowest BCUT2D eigenvalue weighted by Gasteiger charge is -2.10. The summed E-state index contributed by atoms with van der Waals surface area (Å²) in [5, 5.41) is 20.2. The first-order valence-corrected chi connectivity index (χ1v) is 8.74. The summed E-state index contributed by atoms with van der Waals surface area (Å²) in [7, 11) is 3.92. The van der Waals surface area contributed by atoms with Gasteiger partial charge in [0.1, 0.15) is 0 Å². The second-order valence-electron chi connectivity index (χ2n) is 5.49. The molecule has 2 aromatic rings. The molecule has 1 aromatic heterocycles. The van der Waals surface area contributed by atoms with Gasteiger partial charge in [-0.2, -0.15) is 0 Å². The summed E-state index contributed by atoms with van der Waals surface area (Å²) in [6, 6.07) is 6.50. The second kappa shape index (κ2) is 8.97. The van der Waals surface area contributed by atoms with Gasteiger partial charge in [0.05, 0.1) is 23.7 Å². The van der Waals surface area contributed by atoms with Crippen LogP contribution in [0.3, 0.4) is 0 Å². The maximum absolute atomic E-state index is 10.8. The molecular weight excluding hydrogens is 340 g/mol. The van der Waals surface area contributed by atoms with Crippen molar-refractivity contribution in [1.82, 2.24) is 15.6 Å². The normalized spacial score (nSPS) is 11.2. The molecule has 0 saturated heterocycles. The Morgan fingerprint density at radius 3 is 2.84 bits per heavy atom. The first-order valence-electron chi connectivity index (χ1n) is 7.87. The molecule has 0 spiro atoms. The average molecular weight is 362 g/mol. The molecule has 1 heterocycles. The van der Waals surface area contributed by atoms with E-state index in [1.165, 1.54) is 12.1 Å². The minimum absolute atomic E-state index is 0.0735. The summed E-state index contributed by atoms with van der Waals surface area (Å²) >= 11 is 1.59. The number of nitro benzene ring substituents is 1. The molecule has 9 heteroatoms. The van der Waals surface area contributed by atoms with E-state index < -0.39 is 4.92 Å². The highest BCUT2D eigenvalue weighted by molar-refractivity contribution is 7.13. The van der Waals surface area contributed by atoms with Crippen molar-refractivity contribution in [3.63, 3.8) is 0 Å². The number of hydrogen-bond donors (Lipinski definition) is 2. The van der Waals surface area contributed by atoms with Crippen molar-refractivity contribution in [2.45, 2.75) is 20.0 Å². The number of hydrogen-bond acceptors (Lipinski definition) is 6. The number of aliphatic imine (C=N–C) groups is 1. The van der Waals surface area contributed by atoms with Crippen LogP contribution in [0.5, 0.6) is 0 Å². The Morgan fingerprint density at radius 1 is 1.40 bits per heavy atom. The van der Waals surface area contributed by atoms with Gasteiger partial charge in [0.2, 0.25) is 0 Å². The van der Waals surface area contributed by atoms with Gasteiger partial charge in [0, 0.05) is 38.2 Å². The fourth-order valence-corrected chi connectivity index (χ4v) is 2.80. The summed E-state index contributed by atoms with van der Waals surface area (Å²) in [5.74, 6) is 0.647. The Morgan fingerprint density at radius 2 is 2.20 bits per heavy atom. The number of anilines is 1. The van der Waals surface area contributed by atoms with Gasteiger partial charge >= 0.3 is 0 Å². The number of nitro groups is 1. The van der Waals surface area contributed by atoms with Gasteiger partial charge in [0.15, 0.2) is 11.1 Å². The Labute approximate surface area is 150 Å². The summed E-state index contributed by atoms with van der Waals surface area (Å²) in [5.41, 5.74) is 1.80. The first kappa shape index (κ1) is 18.7. The van der Waals surface area contributed by atoms with E-state index in [0.717, 1.165) is 22.9 Å². The van der Waals surface area contributed by atoms with E-state index in [0.29, 0.717) is 19.0 Å². The van der Waals surface area contributed by atoms with Crippen LogP contribution in [0.1, 0.15) is 18.2 Å². The highest BCUT2D eigenvalue weighted by atomic mass is 32.1. The number of aromatic nitrogens is 1. The van der Waals surface area contributed by atoms with Crippen LogP contribution in [0.15, 0.2) is 34.6 Å². The van der Waals surface area contributed by atoms with E-state index in [2.05, 4.69) is 20.6 Å². The number of guanidine groups is 1. The highest BCUT2D eigenvalue weighted by Crippen LogP contribution is 2.17. The Hall–Kier alpha value is -2.68. The summed E-state index contributed by atoms with van der Waals surface area (Å²) < 4.78 is 0. The van der Waals surface area contributed by atoms with E-state index in [1.807, 2.05) is 37.4 Å². The van der Waals surface area contributed by atoms with Gasteiger partial charge in [0.25, 0.3) is 5.69 Å². The molecule has 0 aliphatic heterocycles. The zero-order valence-corrected chi connectivity index (χ0v) is 15.3. The van der Waals surface area contributed by atoms with Crippen LogP contribution < -0.4 is 15.5 Å². The molecule has 134 valence electrons. The van der Waals surface area contributed by atoms with Crippen LogP contribution in [0.4, 0.5) is 10.8 Å². The SMILES string of the molecule is CCNC(=NCc1cccc([N+](=O)[O-])c1)NCc1csc(N(C)C)n1. The van der Waals surface area contributed by atoms with Crippen LogP contribution in [-0.2, 0) is 13.1 Å². The maximum atomic E-state index is 10.8. The predicted octanol–water partition coefficient (Wildman–Crippen LogP) is 2.37. The lowest BCUT2D eigenvalue weighted by molar-refractivity contribution is -0.384. The molecule has 0 amide bonds. The molecule has 0 bridgehead atoms. The van der Waals surface area contributed by atoms with Crippen LogP contribution in [0.25, 0.3) is 0 Å². The summed E-state index contributed by atoms with van der Waals surface area (Å²) in [6.07, 6.45) is 0. The molecule has 0 aliphatic carbocycles. The number of nitrogens with zero attached hydrogens (tertiary/aromatic N) is 4. The van der Waals surface area contributed by atoms with Crippen LogP contribution in [-0.4, -0.2) is 36.5 Å². The van der Waals surface area contributed by atoms with Gasteiger partial charge in [-0.15, -0.1) is 11.3 Å². The Kier molecular flexibility index (Phi) is 6.70. The molecule has 0 unspecified atom stereocenters. The molecule has 2 rings (SSSR count). The van der Waals surface area contributed by atoms with E-state index in [9.17, 15) is 10.1 Å². The number of nitrogens with one attached hydrogen (secondary N) is 2. The van der Waals surface area contributed by atoms with Crippen molar-refractivity contribution in [3.05, 3.63) is 51.0 Å². The smallest absolute Gasteiger partial charge is 0.269 e. The molecule has 0 radical (unpaired) electrons. The van der Waals surface area contributed by atoms with Crippen molar-refractivity contribution in [2.24, 2.45) is 4.99 Å². The number of rotatable bonds is 7. The van der Waals surface area contributed by atoms with Crippen molar-refractivity contribution < 1.29 is 4.92 Å². The van der Waals surface area contributed by atoms with Crippen molar-refractivity contribution in [3.8, 4) is 0 Å². The molecular formula is C16H22N6O2S. The minimum atomic E-state index is -0.402. The summed E-state index contributed by atoms with van der Waals surface area (Å²) in [6.45, 7) is 3.63. The fraction of sp³-hybridized carbons (Fsp3) is 0.375. The van der Waals surface area contributed by atoms with Crippen molar-refractivity contribution in [2.75, 3.05) is 25.5 Å². The van der Waals surface area contributed by atoms with E-state index in [4.69, 9.17) is 0 Å². The largest absolute Gasteiger partial charge is 0.357 e. The molecule has 1 aromatic carbocycles. The monoisotopic (exact) mass is 362 g/mol. The van der Waals surface area contributed by atoms with Gasteiger partial charge in [-0.25, -0.2) is 9.98 Å². The van der Waals surface area contributed by atoms with E-state index in [1.54, 1.807) is 17.4 Å². The average Bonchev–Trinajstić information content (AvgIpc) is 3.07. The van der Waals surface area contributed by atoms with E-state index >= 15 is 0 Å². The number of thiazole rings is 1. The van der Waals surface area contributed by atoms with Gasteiger partial charge in [-0.05, 0) is 12.5 Å². The lowest BCUT2D eigenvalue weighted by atomic mass is 10.2. The van der Waals surface area contributed by atoms with Gasteiger partial charge < -0.3 is 15.5 Å². The Balaban J connectivity index is 2.00. The quantitative estimate of drug-likeness (QED) is 0.340.